The van der Waals surface area contributed by atoms with Gasteiger partial charge in [0.25, 0.3) is 0 Å². The quantitative estimate of drug-likeness (QED) is 0.537. The molecule has 0 aromatic heterocycles. The van der Waals surface area contributed by atoms with Gasteiger partial charge in [0.1, 0.15) is 0 Å². The van der Waals surface area contributed by atoms with E-state index in [9.17, 15) is 0 Å². The van der Waals surface area contributed by atoms with Crippen LogP contribution in [-0.4, -0.2) is 0 Å². The summed E-state index contributed by atoms with van der Waals surface area (Å²) < 4.78 is 0. The van der Waals surface area contributed by atoms with Gasteiger partial charge in [0.2, 0.25) is 0 Å². The Labute approximate surface area is 71.4 Å². The van der Waals surface area contributed by atoms with Crippen molar-refractivity contribution in [2.45, 2.75) is 51.9 Å². The molecule has 0 heteroatoms. The van der Waals surface area contributed by atoms with Crippen molar-refractivity contribution in [3.05, 3.63) is 6.92 Å². The highest BCUT2D eigenvalue weighted by atomic mass is 14.2. The normalized spacial score (nSPS) is 34.4. The van der Waals surface area contributed by atoms with Gasteiger partial charge in [0.05, 0.1) is 0 Å². The molecule has 0 N–H and O–H groups in total. The number of rotatable bonds is 1. The van der Waals surface area contributed by atoms with Crippen LogP contribution < -0.4 is 0 Å². The molecular formula is C11H21. The van der Waals surface area contributed by atoms with E-state index in [1.807, 2.05) is 0 Å². The Morgan fingerprint density at radius 2 is 1.82 bits per heavy atom. The molecule has 1 rings (SSSR count). The predicted octanol–water partition coefficient (Wildman–Crippen LogP) is 3.82. The Morgan fingerprint density at radius 3 is 2.55 bits per heavy atom. The first-order chi connectivity index (χ1) is 5.33. The lowest BCUT2D eigenvalue weighted by Gasteiger charge is -2.21. The van der Waals surface area contributed by atoms with Crippen molar-refractivity contribution in [1.82, 2.24) is 0 Å². The smallest absolute Gasteiger partial charge is 0.0414 e. The lowest BCUT2D eigenvalue weighted by molar-refractivity contribution is 0.327. The van der Waals surface area contributed by atoms with Gasteiger partial charge in [-0.1, -0.05) is 58.8 Å². The van der Waals surface area contributed by atoms with E-state index in [2.05, 4.69) is 13.8 Å². The second-order valence-electron chi connectivity index (χ2n) is 4.12. The standard InChI is InChI=1S/C11H21/c1-3-11-7-5-4-6-10(2)8-9-11/h10-11H,1,3-9H2,2H3. The second kappa shape index (κ2) is 4.79. The summed E-state index contributed by atoms with van der Waals surface area (Å²) in [5.74, 6) is 1.92. The van der Waals surface area contributed by atoms with Crippen molar-refractivity contribution < 1.29 is 0 Å². The van der Waals surface area contributed by atoms with Crippen molar-refractivity contribution in [3.8, 4) is 0 Å². The van der Waals surface area contributed by atoms with Gasteiger partial charge in [-0.2, -0.15) is 0 Å². The van der Waals surface area contributed by atoms with E-state index in [0.717, 1.165) is 18.3 Å². The Morgan fingerprint density at radius 1 is 1.09 bits per heavy atom. The van der Waals surface area contributed by atoms with Crippen LogP contribution in [0.25, 0.3) is 0 Å². The molecule has 0 aromatic carbocycles. The molecule has 2 atom stereocenters. The van der Waals surface area contributed by atoms with Gasteiger partial charge in [0, 0.05) is 0 Å². The highest BCUT2D eigenvalue weighted by Crippen LogP contribution is 2.27. The molecule has 65 valence electrons. The maximum absolute atomic E-state index is 4.01. The van der Waals surface area contributed by atoms with Gasteiger partial charge in [-0.3, -0.25) is 0 Å². The molecule has 0 amide bonds. The summed E-state index contributed by atoms with van der Waals surface area (Å²) >= 11 is 0. The molecule has 1 radical (unpaired) electrons. The number of hydrogen-bond donors (Lipinski definition) is 0. The molecule has 2 unspecified atom stereocenters. The van der Waals surface area contributed by atoms with Crippen LogP contribution in [0, 0.1) is 18.8 Å². The molecule has 1 saturated carbocycles. The lowest BCUT2D eigenvalue weighted by atomic mass is 9.85. The zero-order valence-electron chi connectivity index (χ0n) is 7.81. The summed E-state index contributed by atoms with van der Waals surface area (Å²) in [4.78, 5) is 0. The number of hydrogen-bond acceptors (Lipinski definition) is 0. The van der Waals surface area contributed by atoms with Gasteiger partial charge in [0.15, 0.2) is 0 Å². The summed E-state index contributed by atoms with van der Waals surface area (Å²) in [6, 6.07) is 0. The van der Waals surface area contributed by atoms with Crippen molar-refractivity contribution in [1.29, 1.82) is 0 Å². The monoisotopic (exact) mass is 153 g/mol. The molecule has 11 heavy (non-hydrogen) atoms. The van der Waals surface area contributed by atoms with Crippen molar-refractivity contribution >= 4 is 0 Å². The van der Waals surface area contributed by atoms with E-state index in [1.165, 1.54) is 38.5 Å². The topological polar surface area (TPSA) is 0 Å². The Hall–Kier alpha value is 0. The van der Waals surface area contributed by atoms with Gasteiger partial charge in [-0.05, 0) is 11.8 Å². The van der Waals surface area contributed by atoms with Crippen molar-refractivity contribution in [2.24, 2.45) is 11.8 Å². The second-order valence-corrected chi connectivity index (χ2v) is 4.12. The average molecular weight is 153 g/mol. The Bertz CT molecular complexity index is 96.2. The predicted molar refractivity (Wildman–Crippen MR) is 50.3 cm³/mol. The molecule has 0 nitrogen and oxygen atoms in total. The van der Waals surface area contributed by atoms with E-state index >= 15 is 0 Å². The Balaban J connectivity index is 2.25. The minimum atomic E-state index is 0.942. The van der Waals surface area contributed by atoms with E-state index in [0.29, 0.717) is 0 Å². The molecular weight excluding hydrogens is 132 g/mol. The van der Waals surface area contributed by atoms with Crippen LogP contribution in [0.5, 0.6) is 0 Å². The third-order valence-electron chi connectivity index (χ3n) is 3.04. The lowest BCUT2D eigenvalue weighted by Crippen LogP contribution is -2.07. The zero-order valence-corrected chi connectivity index (χ0v) is 7.81. The molecule has 0 saturated heterocycles. The summed E-state index contributed by atoms with van der Waals surface area (Å²) in [6.07, 6.45) is 9.85. The first kappa shape index (κ1) is 9.09. The van der Waals surface area contributed by atoms with Gasteiger partial charge in [-0.15, -0.1) is 0 Å². The zero-order chi connectivity index (χ0) is 8.10. The van der Waals surface area contributed by atoms with E-state index in [1.54, 1.807) is 0 Å². The largest absolute Gasteiger partial charge is 0.0625 e. The first-order valence-corrected chi connectivity index (χ1v) is 5.12. The first-order valence-electron chi connectivity index (χ1n) is 5.12. The molecule has 1 aliphatic carbocycles. The molecule has 0 bridgehead atoms. The van der Waals surface area contributed by atoms with Crippen LogP contribution in [0.3, 0.4) is 0 Å². The van der Waals surface area contributed by atoms with Gasteiger partial charge in [-0.25, -0.2) is 0 Å². The SMILES string of the molecule is [CH2]CC1CCCCC(C)CC1. The van der Waals surface area contributed by atoms with Crippen LogP contribution >= 0.6 is 0 Å². The molecule has 1 fully saturated rings. The fourth-order valence-corrected chi connectivity index (χ4v) is 2.02. The van der Waals surface area contributed by atoms with Crippen molar-refractivity contribution in [2.75, 3.05) is 0 Å². The summed E-state index contributed by atoms with van der Waals surface area (Å²) in [5, 5.41) is 0. The van der Waals surface area contributed by atoms with E-state index in [-0.39, 0.29) is 0 Å². The van der Waals surface area contributed by atoms with Crippen LogP contribution in [0.15, 0.2) is 0 Å². The Kier molecular flexibility index (Phi) is 3.96. The summed E-state index contributed by atoms with van der Waals surface area (Å²) in [5.41, 5.74) is 0. The maximum Gasteiger partial charge on any atom is -0.0414 e. The third kappa shape index (κ3) is 3.27. The minimum absolute atomic E-state index is 0.942. The van der Waals surface area contributed by atoms with Crippen LogP contribution in [0.2, 0.25) is 0 Å². The fraction of sp³-hybridized carbons (Fsp3) is 0.909. The highest BCUT2D eigenvalue weighted by molar-refractivity contribution is 4.67. The highest BCUT2D eigenvalue weighted by Gasteiger charge is 2.12. The molecule has 0 heterocycles. The molecule has 0 aliphatic heterocycles. The van der Waals surface area contributed by atoms with Crippen LogP contribution in [-0.2, 0) is 0 Å². The fourth-order valence-electron chi connectivity index (χ4n) is 2.02. The average Bonchev–Trinajstić information content (AvgIpc) is 1.98. The van der Waals surface area contributed by atoms with Gasteiger partial charge < -0.3 is 0 Å². The minimum Gasteiger partial charge on any atom is -0.0625 e. The third-order valence-corrected chi connectivity index (χ3v) is 3.04. The summed E-state index contributed by atoms with van der Waals surface area (Å²) in [7, 11) is 0. The van der Waals surface area contributed by atoms with E-state index in [4.69, 9.17) is 0 Å². The maximum atomic E-state index is 4.01. The van der Waals surface area contributed by atoms with Gasteiger partial charge >= 0.3 is 0 Å². The van der Waals surface area contributed by atoms with Crippen LogP contribution in [0.4, 0.5) is 0 Å². The molecule has 0 spiro atoms. The van der Waals surface area contributed by atoms with E-state index < -0.39 is 0 Å². The van der Waals surface area contributed by atoms with Crippen molar-refractivity contribution in [3.63, 3.8) is 0 Å². The van der Waals surface area contributed by atoms with Crippen LogP contribution in [0.1, 0.15) is 51.9 Å². The molecule has 0 aromatic rings. The molecule has 1 aliphatic rings. The summed E-state index contributed by atoms with van der Waals surface area (Å²) in [6.45, 7) is 6.40.